The van der Waals surface area contributed by atoms with Crippen LogP contribution >= 0.6 is 12.4 Å². The summed E-state index contributed by atoms with van der Waals surface area (Å²) >= 11 is 0. The number of nitrogens with two attached hydrogens (primary N) is 1. The van der Waals surface area contributed by atoms with Crippen LogP contribution in [0.25, 0.3) is 6.08 Å². The maximum Gasteiger partial charge on any atom is 0.246 e. The molecular weight excluding hydrogens is 267 g/mol. The third-order valence-corrected chi connectivity index (χ3v) is 3.20. The van der Waals surface area contributed by atoms with Gasteiger partial charge in [0.1, 0.15) is 5.82 Å². The number of benzene rings is 1. The molecule has 1 aliphatic heterocycles. The molecule has 1 amide bonds. The van der Waals surface area contributed by atoms with E-state index in [-0.39, 0.29) is 24.1 Å². The van der Waals surface area contributed by atoms with E-state index in [9.17, 15) is 9.18 Å². The van der Waals surface area contributed by atoms with Gasteiger partial charge >= 0.3 is 0 Å². The number of halogens is 2. The van der Waals surface area contributed by atoms with E-state index in [1.165, 1.54) is 18.2 Å². The molecule has 1 heterocycles. The van der Waals surface area contributed by atoms with Crippen LogP contribution in [0.1, 0.15) is 12.0 Å². The Bertz CT molecular complexity index is 465. The second-order valence-corrected chi connectivity index (χ2v) is 4.56. The molecule has 104 valence electrons. The Labute approximate surface area is 118 Å². The van der Waals surface area contributed by atoms with Crippen molar-refractivity contribution in [1.82, 2.24) is 4.90 Å². The lowest BCUT2D eigenvalue weighted by atomic mass is 10.1. The van der Waals surface area contributed by atoms with Gasteiger partial charge in [0.15, 0.2) is 0 Å². The minimum atomic E-state index is -0.297. The Morgan fingerprint density at radius 2 is 2.32 bits per heavy atom. The zero-order valence-electron chi connectivity index (χ0n) is 10.6. The van der Waals surface area contributed by atoms with Crippen LogP contribution < -0.4 is 5.73 Å². The highest BCUT2D eigenvalue weighted by atomic mass is 35.5. The van der Waals surface area contributed by atoms with Gasteiger partial charge in [0.05, 0.1) is 0 Å². The summed E-state index contributed by atoms with van der Waals surface area (Å²) in [5.74, 6) is 0.0840. The van der Waals surface area contributed by atoms with Crippen molar-refractivity contribution in [2.24, 2.45) is 11.7 Å². The Morgan fingerprint density at radius 3 is 2.95 bits per heavy atom. The molecule has 1 aromatic carbocycles. The van der Waals surface area contributed by atoms with Crippen LogP contribution in [-0.2, 0) is 4.79 Å². The average molecular weight is 285 g/mol. The standard InChI is InChI=1S/C14H17FN2O.ClH/c15-13-3-1-2-11(8-13)4-5-14(18)17-7-6-12(9-16)10-17;/h1-5,8,12H,6-7,9-10,16H2;1H/b5-4+;. The number of likely N-dealkylation sites (tertiary alicyclic amines) is 1. The molecule has 1 saturated heterocycles. The fourth-order valence-corrected chi connectivity index (χ4v) is 2.11. The van der Waals surface area contributed by atoms with E-state index in [2.05, 4.69) is 0 Å². The maximum absolute atomic E-state index is 12.9. The topological polar surface area (TPSA) is 46.3 Å². The molecule has 0 spiro atoms. The molecule has 0 aliphatic carbocycles. The second kappa shape index (κ2) is 7.26. The molecule has 0 bridgehead atoms. The Hall–Kier alpha value is -1.39. The Balaban J connectivity index is 0.00000180. The fraction of sp³-hybridized carbons (Fsp3) is 0.357. The van der Waals surface area contributed by atoms with Crippen molar-refractivity contribution < 1.29 is 9.18 Å². The van der Waals surface area contributed by atoms with Crippen molar-refractivity contribution in [2.45, 2.75) is 6.42 Å². The predicted octanol–water partition coefficient (Wildman–Crippen LogP) is 2.07. The van der Waals surface area contributed by atoms with Gasteiger partial charge in [0, 0.05) is 19.2 Å². The first-order chi connectivity index (χ1) is 8.69. The molecule has 0 aromatic heterocycles. The van der Waals surface area contributed by atoms with Gasteiger partial charge in [0.25, 0.3) is 0 Å². The molecule has 1 unspecified atom stereocenters. The van der Waals surface area contributed by atoms with Crippen LogP contribution in [-0.4, -0.2) is 30.4 Å². The summed E-state index contributed by atoms with van der Waals surface area (Å²) in [6.45, 7) is 2.11. The fourth-order valence-electron chi connectivity index (χ4n) is 2.11. The normalized spacial score (nSPS) is 18.6. The van der Waals surface area contributed by atoms with Crippen LogP contribution in [0, 0.1) is 11.7 Å². The number of rotatable bonds is 3. The maximum atomic E-state index is 12.9. The SMILES string of the molecule is Cl.NCC1CCN(C(=O)/C=C/c2cccc(F)c2)C1. The van der Waals surface area contributed by atoms with E-state index in [0.717, 1.165) is 19.5 Å². The summed E-state index contributed by atoms with van der Waals surface area (Å²) in [7, 11) is 0. The minimum absolute atomic E-state index is 0. The van der Waals surface area contributed by atoms with Gasteiger partial charge < -0.3 is 10.6 Å². The average Bonchev–Trinajstić information content (AvgIpc) is 2.85. The van der Waals surface area contributed by atoms with Crippen molar-refractivity contribution in [2.75, 3.05) is 19.6 Å². The number of hydrogen-bond donors (Lipinski definition) is 1. The zero-order valence-corrected chi connectivity index (χ0v) is 11.4. The van der Waals surface area contributed by atoms with Crippen LogP contribution in [0.2, 0.25) is 0 Å². The van der Waals surface area contributed by atoms with Gasteiger partial charge in [-0.1, -0.05) is 12.1 Å². The predicted molar refractivity (Wildman–Crippen MR) is 76.4 cm³/mol. The highest BCUT2D eigenvalue weighted by molar-refractivity contribution is 5.91. The minimum Gasteiger partial charge on any atom is -0.339 e. The Kier molecular flexibility index (Phi) is 5.99. The first-order valence-electron chi connectivity index (χ1n) is 6.11. The summed E-state index contributed by atoms with van der Waals surface area (Å²) in [6.07, 6.45) is 4.10. The van der Waals surface area contributed by atoms with E-state index < -0.39 is 0 Å². The number of carbonyl (C=O) groups is 1. The molecule has 0 radical (unpaired) electrons. The Morgan fingerprint density at radius 1 is 1.53 bits per heavy atom. The molecule has 1 aromatic rings. The van der Waals surface area contributed by atoms with Crippen molar-refractivity contribution in [3.63, 3.8) is 0 Å². The van der Waals surface area contributed by atoms with Crippen LogP contribution in [0.15, 0.2) is 30.3 Å². The molecule has 1 aliphatic rings. The van der Waals surface area contributed by atoms with Crippen LogP contribution in [0.4, 0.5) is 4.39 Å². The van der Waals surface area contributed by atoms with Gasteiger partial charge in [-0.2, -0.15) is 0 Å². The summed E-state index contributed by atoms with van der Waals surface area (Å²) in [4.78, 5) is 13.7. The molecule has 3 nitrogen and oxygen atoms in total. The molecule has 5 heteroatoms. The van der Waals surface area contributed by atoms with Crippen molar-refractivity contribution in [1.29, 1.82) is 0 Å². The summed E-state index contributed by atoms with van der Waals surface area (Å²) in [5.41, 5.74) is 6.27. The van der Waals surface area contributed by atoms with E-state index >= 15 is 0 Å². The quantitative estimate of drug-likeness (QED) is 0.864. The van der Waals surface area contributed by atoms with E-state index in [1.54, 1.807) is 23.1 Å². The molecule has 1 atom stereocenters. The number of nitrogens with zero attached hydrogens (tertiary/aromatic N) is 1. The largest absolute Gasteiger partial charge is 0.339 e. The molecule has 1 fully saturated rings. The van der Waals surface area contributed by atoms with E-state index in [4.69, 9.17) is 5.73 Å². The first kappa shape index (κ1) is 15.7. The van der Waals surface area contributed by atoms with Crippen molar-refractivity contribution in [3.8, 4) is 0 Å². The molecular formula is C14H18ClFN2O. The third kappa shape index (κ3) is 4.33. The van der Waals surface area contributed by atoms with E-state index in [1.807, 2.05) is 0 Å². The monoisotopic (exact) mass is 284 g/mol. The van der Waals surface area contributed by atoms with Gasteiger partial charge in [0.2, 0.25) is 5.91 Å². The van der Waals surface area contributed by atoms with Crippen LogP contribution in [0.3, 0.4) is 0 Å². The lowest BCUT2D eigenvalue weighted by Crippen LogP contribution is -2.28. The smallest absolute Gasteiger partial charge is 0.246 e. The number of carbonyl (C=O) groups excluding carboxylic acids is 1. The summed E-state index contributed by atoms with van der Waals surface area (Å²) in [6, 6.07) is 6.17. The van der Waals surface area contributed by atoms with Gasteiger partial charge in [-0.15, -0.1) is 12.4 Å². The molecule has 2 N–H and O–H groups in total. The third-order valence-electron chi connectivity index (χ3n) is 3.20. The number of amides is 1. The first-order valence-corrected chi connectivity index (χ1v) is 6.11. The molecule has 19 heavy (non-hydrogen) atoms. The summed E-state index contributed by atoms with van der Waals surface area (Å²) in [5, 5.41) is 0. The highest BCUT2D eigenvalue weighted by Crippen LogP contribution is 2.15. The van der Waals surface area contributed by atoms with Crippen molar-refractivity contribution >= 4 is 24.4 Å². The van der Waals surface area contributed by atoms with Gasteiger partial charge in [-0.05, 0) is 42.7 Å². The van der Waals surface area contributed by atoms with Crippen molar-refractivity contribution in [3.05, 3.63) is 41.7 Å². The van der Waals surface area contributed by atoms with E-state index in [0.29, 0.717) is 18.0 Å². The van der Waals surface area contributed by atoms with Crippen LogP contribution in [0.5, 0.6) is 0 Å². The van der Waals surface area contributed by atoms with Gasteiger partial charge in [-0.25, -0.2) is 4.39 Å². The molecule has 2 rings (SSSR count). The zero-order chi connectivity index (χ0) is 13.0. The molecule has 0 saturated carbocycles. The lowest BCUT2D eigenvalue weighted by molar-refractivity contribution is -0.125. The van der Waals surface area contributed by atoms with Gasteiger partial charge in [-0.3, -0.25) is 4.79 Å². The highest BCUT2D eigenvalue weighted by Gasteiger charge is 2.23. The number of hydrogen-bond acceptors (Lipinski definition) is 2. The second-order valence-electron chi connectivity index (χ2n) is 4.56. The summed E-state index contributed by atoms with van der Waals surface area (Å²) < 4.78 is 12.9. The lowest BCUT2D eigenvalue weighted by Gasteiger charge is -2.13.